The molecular weight excluding hydrogens is 418 g/mol. The van der Waals surface area contributed by atoms with Crippen LogP contribution in [0.4, 0.5) is 0 Å². The molecule has 0 unspecified atom stereocenters. The summed E-state index contributed by atoms with van der Waals surface area (Å²) in [5.41, 5.74) is 1.21. The summed E-state index contributed by atoms with van der Waals surface area (Å²) in [5.74, 6) is -0.477. The van der Waals surface area contributed by atoms with Gasteiger partial charge in [-0.15, -0.1) is 0 Å². The van der Waals surface area contributed by atoms with Gasteiger partial charge in [-0.3, -0.25) is 0 Å². The van der Waals surface area contributed by atoms with Crippen LogP contribution in [-0.2, 0) is 21.4 Å². The number of nitrogens with zero attached hydrogens (tertiary/aromatic N) is 1. The lowest BCUT2D eigenvalue weighted by Crippen LogP contribution is -2.35. The van der Waals surface area contributed by atoms with Gasteiger partial charge in [-0.25, -0.2) is 13.2 Å². The zero-order valence-electron chi connectivity index (χ0n) is 14.2. The molecule has 1 saturated heterocycles. The molecule has 2 aromatic rings. The summed E-state index contributed by atoms with van der Waals surface area (Å²) >= 11 is 3.35. The summed E-state index contributed by atoms with van der Waals surface area (Å²) < 4.78 is 33.0. The van der Waals surface area contributed by atoms with Crippen molar-refractivity contribution in [3.05, 3.63) is 64.1 Å². The first-order chi connectivity index (χ1) is 12.5. The van der Waals surface area contributed by atoms with Crippen LogP contribution in [-0.4, -0.2) is 31.8 Å². The van der Waals surface area contributed by atoms with Gasteiger partial charge in [-0.1, -0.05) is 34.5 Å². The Bertz CT molecular complexity index is 857. The van der Waals surface area contributed by atoms with Crippen molar-refractivity contribution in [3.8, 4) is 0 Å². The summed E-state index contributed by atoms with van der Waals surface area (Å²) in [4.78, 5) is 12.4. The number of ether oxygens (including phenoxy) is 1. The normalized spacial score (nSPS) is 15.6. The van der Waals surface area contributed by atoms with E-state index < -0.39 is 16.0 Å². The Morgan fingerprint density at radius 2 is 1.58 bits per heavy atom. The van der Waals surface area contributed by atoms with Crippen molar-refractivity contribution < 1.29 is 17.9 Å². The average molecular weight is 438 g/mol. The van der Waals surface area contributed by atoms with E-state index in [2.05, 4.69) is 15.9 Å². The van der Waals surface area contributed by atoms with Gasteiger partial charge in [0.05, 0.1) is 10.5 Å². The molecule has 0 radical (unpaired) electrons. The minimum atomic E-state index is -3.49. The van der Waals surface area contributed by atoms with Crippen molar-refractivity contribution >= 4 is 31.9 Å². The van der Waals surface area contributed by atoms with Gasteiger partial charge in [-0.05, 0) is 54.8 Å². The Morgan fingerprint density at radius 3 is 2.19 bits per heavy atom. The van der Waals surface area contributed by atoms with Gasteiger partial charge < -0.3 is 4.74 Å². The van der Waals surface area contributed by atoms with Crippen LogP contribution in [0.1, 0.15) is 35.2 Å². The highest BCUT2D eigenvalue weighted by Gasteiger charge is 2.26. The Morgan fingerprint density at radius 1 is 0.962 bits per heavy atom. The van der Waals surface area contributed by atoms with E-state index in [1.165, 1.54) is 28.6 Å². The number of hydrogen-bond donors (Lipinski definition) is 0. The lowest BCUT2D eigenvalue weighted by Gasteiger charge is -2.25. The maximum Gasteiger partial charge on any atom is 0.338 e. The minimum absolute atomic E-state index is 0.167. The maximum absolute atomic E-state index is 12.6. The molecule has 0 amide bonds. The summed E-state index contributed by atoms with van der Waals surface area (Å²) in [5, 5.41) is 0. The van der Waals surface area contributed by atoms with E-state index in [0.717, 1.165) is 29.3 Å². The third-order valence-electron chi connectivity index (χ3n) is 4.33. The summed E-state index contributed by atoms with van der Waals surface area (Å²) in [6.45, 7) is 1.28. The van der Waals surface area contributed by atoms with Crippen molar-refractivity contribution in [1.82, 2.24) is 4.31 Å². The number of benzene rings is 2. The topological polar surface area (TPSA) is 63.7 Å². The number of rotatable bonds is 5. The number of sulfonamides is 1. The Balaban J connectivity index is 1.64. The number of halogens is 1. The summed E-state index contributed by atoms with van der Waals surface area (Å²) in [7, 11) is -3.49. The van der Waals surface area contributed by atoms with Gasteiger partial charge in [0.25, 0.3) is 0 Å². The van der Waals surface area contributed by atoms with Crippen LogP contribution in [0.3, 0.4) is 0 Å². The van der Waals surface area contributed by atoms with Crippen molar-refractivity contribution in [1.29, 1.82) is 0 Å². The number of carbonyl (C=O) groups excluding carboxylic acids is 1. The van der Waals surface area contributed by atoms with Gasteiger partial charge in [0.1, 0.15) is 6.61 Å². The van der Waals surface area contributed by atoms with Gasteiger partial charge in [0.2, 0.25) is 10.0 Å². The van der Waals surface area contributed by atoms with E-state index in [9.17, 15) is 13.2 Å². The van der Waals surface area contributed by atoms with Crippen molar-refractivity contribution in [2.75, 3.05) is 13.1 Å². The molecule has 0 N–H and O–H groups in total. The van der Waals surface area contributed by atoms with Gasteiger partial charge in [0, 0.05) is 17.6 Å². The van der Waals surface area contributed by atoms with Crippen LogP contribution >= 0.6 is 15.9 Å². The van der Waals surface area contributed by atoms with Crippen molar-refractivity contribution in [2.24, 2.45) is 0 Å². The standard InChI is InChI=1S/C19H20BrNO4S/c20-17-8-4-15(5-9-17)14-25-19(22)16-6-10-18(11-7-16)26(23,24)21-12-2-1-3-13-21/h4-11H,1-3,12-14H2. The van der Waals surface area contributed by atoms with E-state index in [4.69, 9.17) is 4.74 Å². The Kier molecular flexibility index (Phi) is 6.11. The molecule has 5 nitrogen and oxygen atoms in total. The van der Waals surface area contributed by atoms with Crippen LogP contribution in [0, 0.1) is 0 Å². The predicted molar refractivity (Wildman–Crippen MR) is 102 cm³/mol. The SMILES string of the molecule is O=C(OCc1ccc(Br)cc1)c1ccc(S(=O)(=O)N2CCCCC2)cc1. The van der Waals surface area contributed by atoms with E-state index in [-0.39, 0.29) is 11.5 Å². The third-order valence-corrected chi connectivity index (χ3v) is 6.77. The second-order valence-corrected chi connectivity index (χ2v) is 9.05. The lowest BCUT2D eigenvalue weighted by molar-refractivity contribution is 0.0472. The van der Waals surface area contributed by atoms with Crippen LogP contribution in [0.15, 0.2) is 57.9 Å². The van der Waals surface area contributed by atoms with Crippen LogP contribution in [0.25, 0.3) is 0 Å². The van der Waals surface area contributed by atoms with Gasteiger partial charge in [-0.2, -0.15) is 4.31 Å². The lowest BCUT2D eigenvalue weighted by atomic mass is 10.2. The second kappa shape index (κ2) is 8.33. The van der Waals surface area contributed by atoms with Crippen LogP contribution in [0.5, 0.6) is 0 Å². The first-order valence-electron chi connectivity index (χ1n) is 8.48. The Labute approximate surface area is 162 Å². The zero-order valence-corrected chi connectivity index (χ0v) is 16.6. The molecule has 1 heterocycles. The largest absolute Gasteiger partial charge is 0.457 e. The number of carbonyl (C=O) groups is 1. The first kappa shape index (κ1) is 19.1. The smallest absolute Gasteiger partial charge is 0.338 e. The molecule has 26 heavy (non-hydrogen) atoms. The number of esters is 1. The average Bonchev–Trinajstić information content (AvgIpc) is 2.68. The molecule has 1 aliphatic rings. The highest BCUT2D eigenvalue weighted by atomic mass is 79.9. The fourth-order valence-corrected chi connectivity index (χ4v) is 4.61. The molecule has 138 valence electrons. The van der Waals surface area contributed by atoms with Gasteiger partial charge in [0.15, 0.2) is 0 Å². The molecule has 0 aromatic heterocycles. The molecule has 0 atom stereocenters. The summed E-state index contributed by atoms with van der Waals surface area (Å²) in [6, 6.07) is 13.4. The fourth-order valence-electron chi connectivity index (χ4n) is 2.83. The van der Waals surface area contributed by atoms with E-state index >= 15 is 0 Å². The molecule has 3 rings (SSSR count). The molecule has 1 fully saturated rings. The zero-order chi connectivity index (χ0) is 18.6. The van der Waals surface area contributed by atoms with Crippen molar-refractivity contribution in [2.45, 2.75) is 30.8 Å². The van der Waals surface area contributed by atoms with Crippen molar-refractivity contribution in [3.63, 3.8) is 0 Å². The van der Waals surface area contributed by atoms with E-state index in [1.54, 1.807) is 0 Å². The minimum Gasteiger partial charge on any atom is -0.457 e. The highest BCUT2D eigenvalue weighted by Crippen LogP contribution is 2.21. The maximum atomic E-state index is 12.6. The molecule has 0 bridgehead atoms. The molecule has 0 spiro atoms. The molecule has 1 aliphatic heterocycles. The molecule has 7 heteroatoms. The van der Waals surface area contributed by atoms with E-state index in [0.29, 0.717) is 18.7 Å². The van der Waals surface area contributed by atoms with Crippen LogP contribution < -0.4 is 0 Å². The highest BCUT2D eigenvalue weighted by molar-refractivity contribution is 9.10. The molecule has 0 aliphatic carbocycles. The second-order valence-electron chi connectivity index (χ2n) is 6.19. The quantitative estimate of drug-likeness (QED) is 0.663. The number of piperidine rings is 1. The number of hydrogen-bond acceptors (Lipinski definition) is 4. The Hall–Kier alpha value is -1.70. The fraction of sp³-hybridized carbons (Fsp3) is 0.316. The van der Waals surface area contributed by atoms with Gasteiger partial charge >= 0.3 is 5.97 Å². The molecule has 2 aromatic carbocycles. The van der Waals surface area contributed by atoms with Crippen LogP contribution in [0.2, 0.25) is 0 Å². The summed E-state index contributed by atoms with van der Waals surface area (Å²) in [6.07, 6.45) is 2.84. The first-order valence-corrected chi connectivity index (χ1v) is 10.7. The third kappa shape index (κ3) is 4.52. The van der Waals surface area contributed by atoms with E-state index in [1.807, 2.05) is 24.3 Å². The predicted octanol–water partition coefficient (Wildman–Crippen LogP) is 3.98. The monoisotopic (exact) mass is 437 g/mol. The molecule has 0 saturated carbocycles. The molecular formula is C19H20BrNO4S.